The molecule has 0 radical (unpaired) electrons. The number of fused-ring (bicyclic) bond motifs is 1. The molecule has 1 aliphatic heterocycles. The van der Waals surface area contributed by atoms with E-state index in [1.165, 1.54) is 0 Å². The number of rotatable bonds is 2. The largest absolute Gasteiger partial charge is 0.439 e. The molecule has 1 amide bonds. The first-order chi connectivity index (χ1) is 6.81. The van der Waals surface area contributed by atoms with Crippen LogP contribution in [0, 0.1) is 0 Å². The molecular formula is C10H9NO3. The molecule has 0 saturated carbocycles. The number of ether oxygens (including phenoxy) is 1. The average Bonchev–Trinajstić information content (AvgIpc) is 2.18. The number of carbonyl (C=O) groups excluding carboxylic acids is 2. The van der Waals surface area contributed by atoms with Gasteiger partial charge in [0.15, 0.2) is 0 Å². The van der Waals surface area contributed by atoms with Crippen LogP contribution in [0.15, 0.2) is 24.3 Å². The second kappa shape index (κ2) is 3.49. The lowest BCUT2D eigenvalue weighted by Crippen LogP contribution is -2.36. The molecule has 0 spiro atoms. The highest BCUT2D eigenvalue weighted by Gasteiger charge is 2.24. The van der Waals surface area contributed by atoms with Gasteiger partial charge < -0.3 is 10.1 Å². The molecule has 14 heavy (non-hydrogen) atoms. The van der Waals surface area contributed by atoms with Gasteiger partial charge >= 0.3 is 0 Å². The Morgan fingerprint density at radius 3 is 3.00 bits per heavy atom. The van der Waals surface area contributed by atoms with Crippen molar-refractivity contribution in [3.8, 4) is 0 Å². The Morgan fingerprint density at radius 2 is 2.21 bits per heavy atom. The summed E-state index contributed by atoms with van der Waals surface area (Å²) >= 11 is 0. The van der Waals surface area contributed by atoms with Gasteiger partial charge in [0.2, 0.25) is 12.1 Å². The van der Waals surface area contributed by atoms with Crippen molar-refractivity contribution in [2.75, 3.05) is 0 Å². The van der Waals surface area contributed by atoms with Crippen molar-refractivity contribution in [1.29, 1.82) is 0 Å². The molecule has 1 aromatic rings. The maximum atomic E-state index is 11.2. The second-order valence-electron chi connectivity index (χ2n) is 3.06. The van der Waals surface area contributed by atoms with E-state index >= 15 is 0 Å². The van der Waals surface area contributed by atoms with Crippen LogP contribution in [0.3, 0.4) is 0 Å². The van der Waals surface area contributed by atoms with Crippen molar-refractivity contribution in [3.63, 3.8) is 0 Å². The van der Waals surface area contributed by atoms with E-state index in [0.29, 0.717) is 12.9 Å². The Labute approximate surface area is 80.9 Å². The van der Waals surface area contributed by atoms with Crippen molar-refractivity contribution in [1.82, 2.24) is 5.32 Å². The van der Waals surface area contributed by atoms with Crippen LogP contribution in [0.25, 0.3) is 0 Å². The third kappa shape index (κ3) is 1.46. The summed E-state index contributed by atoms with van der Waals surface area (Å²) in [7, 11) is 0. The van der Waals surface area contributed by atoms with Crippen LogP contribution in [0.2, 0.25) is 0 Å². The molecule has 1 unspecified atom stereocenters. The molecule has 1 atom stereocenters. The van der Waals surface area contributed by atoms with Crippen molar-refractivity contribution in [3.05, 3.63) is 35.4 Å². The van der Waals surface area contributed by atoms with Gasteiger partial charge in [0.1, 0.15) is 0 Å². The lowest BCUT2D eigenvalue weighted by molar-refractivity contribution is -0.139. The maximum Gasteiger partial charge on any atom is 0.295 e. The lowest BCUT2D eigenvalue weighted by atomic mass is 9.99. The molecule has 0 saturated heterocycles. The molecule has 0 fully saturated rings. The summed E-state index contributed by atoms with van der Waals surface area (Å²) < 4.78 is 4.77. The zero-order chi connectivity index (χ0) is 9.97. The second-order valence-corrected chi connectivity index (χ2v) is 3.06. The molecule has 4 nitrogen and oxygen atoms in total. The Kier molecular flexibility index (Phi) is 2.18. The number of hydrogen-bond donors (Lipinski definition) is 1. The fraction of sp³-hybridized carbons (Fsp3) is 0.200. The summed E-state index contributed by atoms with van der Waals surface area (Å²) in [5.74, 6) is -0.129. The fourth-order valence-corrected chi connectivity index (χ4v) is 1.56. The first kappa shape index (κ1) is 8.74. The number of benzene rings is 1. The van der Waals surface area contributed by atoms with E-state index in [1.807, 2.05) is 24.3 Å². The molecule has 1 heterocycles. The zero-order valence-electron chi connectivity index (χ0n) is 7.40. The average molecular weight is 191 g/mol. The standard InChI is InChI=1S/C10H9NO3/c12-6-14-10-8-4-2-1-3-7(8)5-9(13)11-10/h1-4,6,10H,5H2,(H,11,13). The first-order valence-corrected chi connectivity index (χ1v) is 4.27. The van der Waals surface area contributed by atoms with E-state index in [0.717, 1.165) is 11.1 Å². The van der Waals surface area contributed by atoms with Crippen LogP contribution in [0.1, 0.15) is 17.4 Å². The van der Waals surface area contributed by atoms with Gasteiger partial charge in [-0.3, -0.25) is 9.59 Å². The third-order valence-electron chi connectivity index (χ3n) is 2.17. The Bertz CT molecular complexity index is 375. The lowest BCUT2D eigenvalue weighted by Gasteiger charge is -2.24. The minimum Gasteiger partial charge on any atom is -0.439 e. The minimum atomic E-state index is -0.634. The predicted octanol–water partition coefficient (Wildman–Crippen LogP) is 0.530. The molecule has 1 aliphatic rings. The maximum absolute atomic E-state index is 11.2. The number of amides is 1. The Balaban J connectivity index is 2.37. The van der Waals surface area contributed by atoms with E-state index in [9.17, 15) is 9.59 Å². The summed E-state index contributed by atoms with van der Waals surface area (Å²) in [4.78, 5) is 21.4. The van der Waals surface area contributed by atoms with Crippen LogP contribution in [-0.4, -0.2) is 12.4 Å². The van der Waals surface area contributed by atoms with Crippen molar-refractivity contribution >= 4 is 12.4 Å². The molecule has 2 rings (SSSR count). The van der Waals surface area contributed by atoms with Gasteiger partial charge in [0, 0.05) is 5.56 Å². The van der Waals surface area contributed by atoms with E-state index in [4.69, 9.17) is 4.74 Å². The monoisotopic (exact) mass is 191 g/mol. The molecule has 0 aromatic heterocycles. The van der Waals surface area contributed by atoms with Crippen LogP contribution in [0.5, 0.6) is 0 Å². The summed E-state index contributed by atoms with van der Waals surface area (Å²) in [5, 5.41) is 2.58. The Morgan fingerprint density at radius 1 is 1.43 bits per heavy atom. The van der Waals surface area contributed by atoms with Crippen LogP contribution < -0.4 is 5.32 Å². The summed E-state index contributed by atoms with van der Waals surface area (Å²) in [6.45, 7) is 0.340. The van der Waals surface area contributed by atoms with E-state index < -0.39 is 6.23 Å². The van der Waals surface area contributed by atoms with Crippen molar-refractivity contribution in [2.45, 2.75) is 12.6 Å². The van der Waals surface area contributed by atoms with Crippen LogP contribution >= 0.6 is 0 Å². The minimum absolute atomic E-state index is 0.129. The van der Waals surface area contributed by atoms with Gasteiger partial charge in [-0.2, -0.15) is 0 Å². The van der Waals surface area contributed by atoms with Gasteiger partial charge in [-0.15, -0.1) is 0 Å². The van der Waals surface area contributed by atoms with E-state index in [1.54, 1.807) is 0 Å². The third-order valence-corrected chi connectivity index (χ3v) is 2.17. The van der Waals surface area contributed by atoms with Gasteiger partial charge in [-0.1, -0.05) is 24.3 Å². The molecule has 72 valence electrons. The topological polar surface area (TPSA) is 55.4 Å². The SMILES string of the molecule is O=COC1NC(=O)Cc2ccccc21. The van der Waals surface area contributed by atoms with Gasteiger partial charge in [0.05, 0.1) is 6.42 Å². The number of nitrogens with one attached hydrogen (secondary N) is 1. The fourth-order valence-electron chi connectivity index (χ4n) is 1.56. The normalized spacial score (nSPS) is 19.4. The first-order valence-electron chi connectivity index (χ1n) is 4.27. The highest BCUT2D eigenvalue weighted by molar-refractivity contribution is 5.81. The molecule has 1 aromatic carbocycles. The van der Waals surface area contributed by atoms with Crippen LogP contribution in [0.4, 0.5) is 0 Å². The van der Waals surface area contributed by atoms with E-state index in [-0.39, 0.29) is 5.91 Å². The highest BCUT2D eigenvalue weighted by Crippen LogP contribution is 2.23. The Hall–Kier alpha value is -1.84. The van der Waals surface area contributed by atoms with Crippen molar-refractivity contribution < 1.29 is 14.3 Å². The molecule has 4 heteroatoms. The van der Waals surface area contributed by atoms with Gasteiger partial charge in [-0.05, 0) is 5.56 Å². The van der Waals surface area contributed by atoms with Crippen molar-refractivity contribution in [2.24, 2.45) is 0 Å². The zero-order valence-corrected chi connectivity index (χ0v) is 7.40. The number of carbonyl (C=O) groups is 2. The molecular weight excluding hydrogens is 182 g/mol. The summed E-state index contributed by atoms with van der Waals surface area (Å²) in [6.07, 6.45) is -0.292. The summed E-state index contributed by atoms with van der Waals surface area (Å²) in [6, 6.07) is 7.39. The van der Waals surface area contributed by atoms with Gasteiger partial charge in [-0.25, -0.2) is 0 Å². The van der Waals surface area contributed by atoms with Gasteiger partial charge in [0.25, 0.3) is 6.47 Å². The predicted molar refractivity (Wildman–Crippen MR) is 48.2 cm³/mol. The smallest absolute Gasteiger partial charge is 0.295 e. The number of hydrogen-bond acceptors (Lipinski definition) is 3. The molecule has 0 aliphatic carbocycles. The molecule has 0 bridgehead atoms. The summed E-state index contributed by atoms with van der Waals surface area (Å²) in [5.41, 5.74) is 1.75. The molecule has 1 N–H and O–H groups in total. The highest BCUT2D eigenvalue weighted by atomic mass is 16.5. The van der Waals surface area contributed by atoms with Crippen LogP contribution in [-0.2, 0) is 20.7 Å². The quantitative estimate of drug-likeness (QED) is 0.694. The van der Waals surface area contributed by atoms with E-state index in [2.05, 4.69) is 5.32 Å².